The summed E-state index contributed by atoms with van der Waals surface area (Å²) in [5, 5.41) is 0.471. The van der Waals surface area contributed by atoms with Gasteiger partial charge in [-0.15, -0.1) is 0 Å². The van der Waals surface area contributed by atoms with E-state index in [1.807, 2.05) is 0 Å². The molecule has 2 rings (SSSR count). The van der Waals surface area contributed by atoms with Gasteiger partial charge >= 0.3 is 0 Å². The number of rotatable bonds is 2. The summed E-state index contributed by atoms with van der Waals surface area (Å²) in [6.07, 6.45) is 0. The predicted molar refractivity (Wildman–Crippen MR) is 78.3 cm³/mol. The van der Waals surface area contributed by atoms with Crippen molar-refractivity contribution in [1.82, 2.24) is 0 Å². The molecule has 5 heteroatoms. The molecular weight excluding hydrogens is 333 g/mol. The lowest BCUT2D eigenvalue weighted by Gasteiger charge is -2.17. The van der Waals surface area contributed by atoms with Gasteiger partial charge in [0.25, 0.3) is 5.91 Å². The van der Waals surface area contributed by atoms with E-state index in [4.69, 9.17) is 11.6 Å². The van der Waals surface area contributed by atoms with Crippen molar-refractivity contribution in [3.05, 3.63) is 63.3 Å². The molecular formula is C14H10BrClFNO. The quantitative estimate of drug-likeness (QED) is 0.786. The number of hydrogen-bond donors (Lipinski definition) is 0. The molecule has 0 aromatic heterocycles. The largest absolute Gasteiger partial charge is 0.311 e. The molecule has 0 saturated carbocycles. The van der Waals surface area contributed by atoms with Gasteiger partial charge in [0, 0.05) is 22.8 Å². The van der Waals surface area contributed by atoms with E-state index in [9.17, 15) is 9.18 Å². The van der Waals surface area contributed by atoms with Gasteiger partial charge in [0.05, 0.1) is 5.02 Å². The summed E-state index contributed by atoms with van der Waals surface area (Å²) in [5.41, 5.74) is 1.09. The number of halogens is 3. The van der Waals surface area contributed by atoms with Crippen LogP contribution in [-0.4, -0.2) is 13.0 Å². The van der Waals surface area contributed by atoms with Crippen LogP contribution >= 0.6 is 27.5 Å². The fourth-order valence-electron chi connectivity index (χ4n) is 1.60. The topological polar surface area (TPSA) is 20.3 Å². The van der Waals surface area contributed by atoms with Crippen LogP contribution in [0.25, 0.3) is 0 Å². The highest BCUT2D eigenvalue weighted by atomic mass is 79.9. The molecule has 0 radical (unpaired) electrons. The summed E-state index contributed by atoms with van der Waals surface area (Å²) in [6, 6.07) is 10.7. The van der Waals surface area contributed by atoms with Gasteiger partial charge < -0.3 is 4.90 Å². The average Bonchev–Trinajstić information content (AvgIpc) is 2.41. The van der Waals surface area contributed by atoms with Gasteiger partial charge in [-0.05, 0) is 58.4 Å². The van der Waals surface area contributed by atoms with E-state index in [0.29, 0.717) is 16.3 Å². The minimum absolute atomic E-state index is 0.207. The van der Waals surface area contributed by atoms with Gasteiger partial charge in [-0.1, -0.05) is 11.6 Å². The van der Waals surface area contributed by atoms with E-state index in [1.54, 1.807) is 37.4 Å². The third kappa shape index (κ3) is 3.14. The zero-order valence-corrected chi connectivity index (χ0v) is 12.4. The van der Waals surface area contributed by atoms with E-state index in [2.05, 4.69) is 15.9 Å². The fourth-order valence-corrected chi connectivity index (χ4v) is 2.03. The molecule has 0 fully saturated rings. The molecule has 0 saturated heterocycles. The normalized spacial score (nSPS) is 10.3. The van der Waals surface area contributed by atoms with Crippen molar-refractivity contribution in [2.75, 3.05) is 11.9 Å². The summed E-state index contributed by atoms with van der Waals surface area (Å²) in [6.45, 7) is 0. The third-order valence-electron chi connectivity index (χ3n) is 2.69. The molecule has 0 heterocycles. The number of amides is 1. The standard InChI is InChI=1S/C14H10BrClFNO/c1-18(11-5-3-10(17)4-6-11)14(19)9-2-7-12(15)13(16)8-9/h2-8H,1H3. The molecule has 0 N–H and O–H groups in total. The fraction of sp³-hybridized carbons (Fsp3) is 0.0714. The van der Waals surface area contributed by atoms with Crippen molar-refractivity contribution in [2.24, 2.45) is 0 Å². The lowest BCUT2D eigenvalue weighted by atomic mass is 10.2. The van der Waals surface area contributed by atoms with Gasteiger partial charge in [0.2, 0.25) is 0 Å². The first kappa shape index (κ1) is 14.0. The Morgan fingerprint density at radius 3 is 2.42 bits per heavy atom. The Bertz CT molecular complexity index is 615. The van der Waals surface area contributed by atoms with Crippen molar-refractivity contribution >= 4 is 39.1 Å². The Kier molecular flexibility index (Phi) is 4.22. The molecule has 0 spiro atoms. The van der Waals surface area contributed by atoms with Crippen molar-refractivity contribution in [3.8, 4) is 0 Å². The Labute approximate surface area is 123 Å². The smallest absolute Gasteiger partial charge is 0.258 e. The maximum absolute atomic E-state index is 12.8. The second kappa shape index (κ2) is 5.72. The second-order valence-corrected chi connectivity index (χ2v) is 5.23. The Balaban J connectivity index is 2.28. The lowest BCUT2D eigenvalue weighted by molar-refractivity contribution is 0.0993. The third-order valence-corrected chi connectivity index (χ3v) is 3.92. The molecule has 0 bridgehead atoms. The van der Waals surface area contributed by atoms with Crippen LogP contribution in [0.15, 0.2) is 46.9 Å². The highest BCUT2D eigenvalue weighted by Gasteiger charge is 2.14. The van der Waals surface area contributed by atoms with Gasteiger partial charge in [0.1, 0.15) is 5.82 Å². The molecule has 0 aliphatic rings. The first-order valence-electron chi connectivity index (χ1n) is 5.47. The molecule has 19 heavy (non-hydrogen) atoms. The second-order valence-electron chi connectivity index (χ2n) is 3.97. The summed E-state index contributed by atoms with van der Waals surface area (Å²) >= 11 is 9.23. The first-order valence-corrected chi connectivity index (χ1v) is 6.65. The number of anilines is 1. The maximum Gasteiger partial charge on any atom is 0.258 e. The summed E-state index contributed by atoms with van der Waals surface area (Å²) in [4.78, 5) is 13.7. The molecule has 0 aliphatic carbocycles. The lowest BCUT2D eigenvalue weighted by Crippen LogP contribution is -2.26. The summed E-state index contributed by atoms with van der Waals surface area (Å²) in [7, 11) is 1.63. The predicted octanol–water partition coefficient (Wildman–Crippen LogP) is 4.52. The molecule has 0 unspecified atom stereocenters. The van der Waals surface area contributed by atoms with Crippen LogP contribution in [-0.2, 0) is 0 Å². The van der Waals surface area contributed by atoms with E-state index in [1.165, 1.54) is 17.0 Å². The molecule has 2 aromatic rings. The minimum Gasteiger partial charge on any atom is -0.311 e. The molecule has 2 nitrogen and oxygen atoms in total. The number of benzene rings is 2. The first-order chi connectivity index (χ1) is 8.99. The average molecular weight is 343 g/mol. The van der Waals surface area contributed by atoms with Crippen LogP contribution in [0.2, 0.25) is 5.02 Å². The number of hydrogen-bond acceptors (Lipinski definition) is 1. The number of nitrogens with zero attached hydrogens (tertiary/aromatic N) is 1. The number of carbonyl (C=O) groups excluding carboxylic acids is 1. The molecule has 1 amide bonds. The van der Waals surface area contributed by atoms with Crippen LogP contribution < -0.4 is 4.90 Å². The van der Waals surface area contributed by atoms with Gasteiger partial charge in [0.15, 0.2) is 0 Å². The summed E-state index contributed by atoms with van der Waals surface area (Å²) in [5.74, 6) is -0.544. The highest BCUT2D eigenvalue weighted by Crippen LogP contribution is 2.24. The summed E-state index contributed by atoms with van der Waals surface area (Å²) < 4.78 is 13.6. The van der Waals surface area contributed by atoms with Crippen LogP contribution in [0.1, 0.15) is 10.4 Å². The molecule has 0 atom stereocenters. The maximum atomic E-state index is 12.8. The Hall–Kier alpha value is -1.39. The van der Waals surface area contributed by atoms with Crippen LogP contribution in [0.3, 0.4) is 0 Å². The van der Waals surface area contributed by atoms with Gasteiger partial charge in [-0.2, -0.15) is 0 Å². The van der Waals surface area contributed by atoms with Crippen LogP contribution in [0.4, 0.5) is 10.1 Å². The van der Waals surface area contributed by atoms with Crippen LogP contribution in [0.5, 0.6) is 0 Å². The Morgan fingerprint density at radius 1 is 1.21 bits per heavy atom. The minimum atomic E-state index is -0.337. The number of carbonyl (C=O) groups is 1. The monoisotopic (exact) mass is 341 g/mol. The molecule has 2 aromatic carbocycles. The highest BCUT2D eigenvalue weighted by molar-refractivity contribution is 9.10. The van der Waals surface area contributed by atoms with E-state index >= 15 is 0 Å². The van der Waals surface area contributed by atoms with E-state index < -0.39 is 0 Å². The van der Waals surface area contributed by atoms with Gasteiger partial charge in [-0.25, -0.2) is 4.39 Å². The SMILES string of the molecule is CN(C(=O)c1ccc(Br)c(Cl)c1)c1ccc(F)cc1. The Morgan fingerprint density at radius 2 is 1.84 bits per heavy atom. The van der Waals surface area contributed by atoms with Crippen molar-refractivity contribution in [1.29, 1.82) is 0 Å². The van der Waals surface area contributed by atoms with E-state index in [-0.39, 0.29) is 11.7 Å². The zero-order chi connectivity index (χ0) is 14.0. The molecule has 98 valence electrons. The van der Waals surface area contributed by atoms with Crippen molar-refractivity contribution in [3.63, 3.8) is 0 Å². The van der Waals surface area contributed by atoms with Gasteiger partial charge in [-0.3, -0.25) is 4.79 Å². The molecule has 0 aliphatic heterocycles. The van der Waals surface area contributed by atoms with Crippen molar-refractivity contribution in [2.45, 2.75) is 0 Å². The van der Waals surface area contributed by atoms with Crippen LogP contribution in [0, 0.1) is 5.82 Å². The van der Waals surface area contributed by atoms with Crippen molar-refractivity contribution < 1.29 is 9.18 Å². The van der Waals surface area contributed by atoms with E-state index in [0.717, 1.165) is 4.47 Å². The zero-order valence-electron chi connectivity index (χ0n) is 10.0.